The molecular weight excluding hydrogens is 250 g/mol. The molecule has 0 unspecified atom stereocenters. The van der Waals surface area contributed by atoms with Gasteiger partial charge in [0.1, 0.15) is 0 Å². The second kappa shape index (κ2) is 6.20. The van der Waals surface area contributed by atoms with Crippen molar-refractivity contribution in [2.45, 2.75) is 39.5 Å². The van der Waals surface area contributed by atoms with Crippen LogP contribution in [-0.2, 0) is 17.9 Å². The highest BCUT2D eigenvalue weighted by molar-refractivity contribution is 5.42. The molecule has 1 heterocycles. The van der Waals surface area contributed by atoms with Crippen LogP contribution < -0.4 is 5.32 Å². The molecule has 2 rings (SSSR count). The van der Waals surface area contributed by atoms with Crippen molar-refractivity contribution in [2.75, 3.05) is 7.11 Å². The number of ether oxygens (including phenoxy) is 1. The van der Waals surface area contributed by atoms with Crippen LogP contribution in [0, 0.1) is 0 Å². The zero-order valence-electron chi connectivity index (χ0n) is 12.7. The number of imidazole rings is 1. The number of para-hydroxylation sites is 1. The van der Waals surface area contributed by atoms with Crippen LogP contribution in [-0.4, -0.2) is 22.2 Å². The monoisotopic (exact) mass is 273 g/mol. The standard InChI is InChI=1S/C16H23N3O/c1-16(2,3)18-10-14-9-17-12-19(14)15-8-6-5-7-13(15)11-20-4/h5-9,12,18H,10-11H2,1-4H3. The number of nitrogens with one attached hydrogen (secondary N) is 1. The minimum atomic E-state index is 0.0845. The van der Waals surface area contributed by atoms with Gasteiger partial charge in [-0.05, 0) is 26.8 Å². The van der Waals surface area contributed by atoms with Gasteiger partial charge in [0, 0.05) is 31.0 Å². The van der Waals surface area contributed by atoms with Crippen molar-refractivity contribution in [2.24, 2.45) is 0 Å². The molecule has 0 aliphatic rings. The van der Waals surface area contributed by atoms with E-state index in [0.717, 1.165) is 23.5 Å². The molecule has 1 aromatic carbocycles. The Bertz CT molecular complexity index is 555. The fourth-order valence-electron chi connectivity index (χ4n) is 2.05. The van der Waals surface area contributed by atoms with Crippen molar-refractivity contribution in [3.8, 4) is 5.69 Å². The fourth-order valence-corrected chi connectivity index (χ4v) is 2.05. The lowest BCUT2D eigenvalue weighted by atomic mass is 10.1. The van der Waals surface area contributed by atoms with Gasteiger partial charge < -0.3 is 14.6 Å². The molecule has 108 valence electrons. The van der Waals surface area contributed by atoms with Crippen molar-refractivity contribution in [1.29, 1.82) is 0 Å². The summed E-state index contributed by atoms with van der Waals surface area (Å²) in [6, 6.07) is 8.24. The van der Waals surface area contributed by atoms with E-state index < -0.39 is 0 Å². The van der Waals surface area contributed by atoms with Gasteiger partial charge in [-0.25, -0.2) is 4.98 Å². The highest BCUT2D eigenvalue weighted by Crippen LogP contribution is 2.18. The summed E-state index contributed by atoms with van der Waals surface area (Å²) in [5.41, 5.74) is 3.51. The van der Waals surface area contributed by atoms with Crippen LogP contribution in [0.15, 0.2) is 36.8 Å². The third-order valence-electron chi connectivity index (χ3n) is 3.07. The van der Waals surface area contributed by atoms with Crippen molar-refractivity contribution >= 4 is 0 Å². The van der Waals surface area contributed by atoms with Crippen molar-refractivity contribution in [3.05, 3.63) is 48.0 Å². The third kappa shape index (κ3) is 3.68. The van der Waals surface area contributed by atoms with E-state index in [0.29, 0.717) is 6.61 Å². The van der Waals surface area contributed by atoms with Crippen LogP contribution in [0.1, 0.15) is 32.0 Å². The van der Waals surface area contributed by atoms with E-state index in [9.17, 15) is 0 Å². The van der Waals surface area contributed by atoms with Gasteiger partial charge >= 0.3 is 0 Å². The maximum Gasteiger partial charge on any atom is 0.0994 e. The average molecular weight is 273 g/mol. The van der Waals surface area contributed by atoms with Crippen LogP contribution in [0.3, 0.4) is 0 Å². The van der Waals surface area contributed by atoms with Crippen LogP contribution in [0.2, 0.25) is 0 Å². The minimum absolute atomic E-state index is 0.0845. The second-order valence-electron chi connectivity index (χ2n) is 5.92. The molecule has 4 nitrogen and oxygen atoms in total. The smallest absolute Gasteiger partial charge is 0.0994 e. The Labute approximate surface area is 120 Å². The van der Waals surface area contributed by atoms with Crippen molar-refractivity contribution in [3.63, 3.8) is 0 Å². The summed E-state index contributed by atoms with van der Waals surface area (Å²) < 4.78 is 7.39. The molecule has 0 aliphatic carbocycles. The zero-order chi connectivity index (χ0) is 14.6. The molecule has 20 heavy (non-hydrogen) atoms. The summed E-state index contributed by atoms with van der Waals surface area (Å²) in [5, 5.41) is 3.49. The number of methoxy groups -OCH3 is 1. The maximum atomic E-state index is 5.27. The molecule has 0 saturated carbocycles. The molecule has 0 spiro atoms. The van der Waals surface area contributed by atoms with Gasteiger partial charge in [0.2, 0.25) is 0 Å². The predicted molar refractivity (Wildman–Crippen MR) is 80.9 cm³/mol. The molecule has 2 aromatic rings. The Morgan fingerprint density at radius 1 is 1.25 bits per heavy atom. The predicted octanol–water partition coefficient (Wildman–Crippen LogP) is 2.91. The lowest BCUT2D eigenvalue weighted by Gasteiger charge is -2.21. The van der Waals surface area contributed by atoms with E-state index in [4.69, 9.17) is 4.74 Å². The number of hydrogen-bond acceptors (Lipinski definition) is 3. The number of rotatable bonds is 5. The Hall–Kier alpha value is -1.65. The van der Waals surface area contributed by atoms with E-state index in [2.05, 4.69) is 47.8 Å². The third-order valence-corrected chi connectivity index (χ3v) is 3.07. The van der Waals surface area contributed by atoms with E-state index in [1.54, 1.807) is 7.11 Å². The Balaban J connectivity index is 2.28. The average Bonchev–Trinajstić information content (AvgIpc) is 2.85. The topological polar surface area (TPSA) is 39.1 Å². The fraction of sp³-hybridized carbons (Fsp3) is 0.438. The van der Waals surface area contributed by atoms with Gasteiger partial charge in [0.25, 0.3) is 0 Å². The minimum Gasteiger partial charge on any atom is -0.380 e. The van der Waals surface area contributed by atoms with E-state index in [1.807, 2.05) is 24.7 Å². The molecule has 4 heteroatoms. The molecule has 0 amide bonds. The summed E-state index contributed by atoms with van der Waals surface area (Å²) in [7, 11) is 1.72. The van der Waals surface area contributed by atoms with Crippen LogP contribution in [0.5, 0.6) is 0 Å². The van der Waals surface area contributed by atoms with Crippen LogP contribution in [0.25, 0.3) is 5.69 Å². The van der Waals surface area contributed by atoms with Gasteiger partial charge in [-0.1, -0.05) is 18.2 Å². The highest BCUT2D eigenvalue weighted by atomic mass is 16.5. The summed E-state index contributed by atoms with van der Waals surface area (Å²) in [6.45, 7) is 7.86. The first-order valence-electron chi connectivity index (χ1n) is 6.85. The summed E-state index contributed by atoms with van der Waals surface area (Å²) in [5.74, 6) is 0. The molecule has 0 aliphatic heterocycles. The zero-order valence-corrected chi connectivity index (χ0v) is 12.7. The molecule has 1 N–H and O–H groups in total. The van der Waals surface area contributed by atoms with E-state index in [1.165, 1.54) is 0 Å². The maximum absolute atomic E-state index is 5.27. The van der Waals surface area contributed by atoms with E-state index >= 15 is 0 Å². The number of hydrogen-bond donors (Lipinski definition) is 1. The Morgan fingerprint density at radius 2 is 2.00 bits per heavy atom. The SMILES string of the molecule is COCc1ccccc1-n1cncc1CNC(C)(C)C. The van der Waals surface area contributed by atoms with Crippen LogP contribution in [0.4, 0.5) is 0 Å². The number of aromatic nitrogens is 2. The molecule has 0 saturated heterocycles. The van der Waals surface area contributed by atoms with Gasteiger partial charge in [-0.2, -0.15) is 0 Å². The molecule has 1 aromatic heterocycles. The van der Waals surface area contributed by atoms with Gasteiger partial charge in [0.05, 0.1) is 24.3 Å². The summed E-state index contributed by atoms with van der Waals surface area (Å²) in [4.78, 5) is 4.28. The number of benzene rings is 1. The summed E-state index contributed by atoms with van der Waals surface area (Å²) >= 11 is 0. The molecule has 0 radical (unpaired) electrons. The van der Waals surface area contributed by atoms with Crippen molar-refractivity contribution in [1.82, 2.24) is 14.9 Å². The second-order valence-corrected chi connectivity index (χ2v) is 5.92. The quantitative estimate of drug-likeness (QED) is 0.910. The van der Waals surface area contributed by atoms with E-state index in [-0.39, 0.29) is 5.54 Å². The Morgan fingerprint density at radius 3 is 2.70 bits per heavy atom. The van der Waals surface area contributed by atoms with Gasteiger partial charge in [0.15, 0.2) is 0 Å². The first-order valence-corrected chi connectivity index (χ1v) is 6.85. The normalized spacial score (nSPS) is 11.8. The molecule has 0 atom stereocenters. The number of nitrogens with zero attached hydrogens (tertiary/aromatic N) is 2. The highest BCUT2D eigenvalue weighted by Gasteiger charge is 2.12. The van der Waals surface area contributed by atoms with Gasteiger partial charge in [-0.3, -0.25) is 0 Å². The van der Waals surface area contributed by atoms with Gasteiger partial charge in [-0.15, -0.1) is 0 Å². The van der Waals surface area contributed by atoms with Crippen LogP contribution >= 0.6 is 0 Å². The van der Waals surface area contributed by atoms with Crippen molar-refractivity contribution < 1.29 is 4.74 Å². The lowest BCUT2D eigenvalue weighted by Crippen LogP contribution is -2.35. The molecule has 0 bridgehead atoms. The molecular formula is C16H23N3O. The summed E-state index contributed by atoms with van der Waals surface area (Å²) in [6.07, 6.45) is 3.76. The lowest BCUT2D eigenvalue weighted by molar-refractivity contribution is 0.184. The first kappa shape index (κ1) is 14.8. The first-order chi connectivity index (χ1) is 9.51. The largest absolute Gasteiger partial charge is 0.380 e. The Kier molecular flexibility index (Phi) is 4.57. The molecule has 0 fully saturated rings.